The third-order valence-corrected chi connectivity index (χ3v) is 11.6. The predicted octanol–water partition coefficient (Wildman–Crippen LogP) is 5.67. The lowest BCUT2D eigenvalue weighted by molar-refractivity contribution is -0.133. The van der Waals surface area contributed by atoms with E-state index in [0.29, 0.717) is 12.8 Å². The average molecular weight is 841 g/mol. The molecular weight excluding hydrogens is 781 g/mol. The molecule has 0 saturated carbocycles. The van der Waals surface area contributed by atoms with Gasteiger partial charge in [-0.1, -0.05) is 125 Å². The van der Waals surface area contributed by atoms with Gasteiger partial charge >= 0.3 is 0 Å². The Morgan fingerprint density at radius 3 is 1.23 bits per heavy atom. The van der Waals surface area contributed by atoms with Crippen LogP contribution in [0.2, 0.25) is 0 Å². The number of hydrogen-bond acceptors (Lipinski definition) is 6. The van der Waals surface area contributed by atoms with E-state index >= 15 is 0 Å². The lowest BCUT2D eigenvalue weighted by atomic mass is 9.90. The van der Waals surface area contributed by atoms with Crippen molar-refractivity contribution < 1.29 is 29.4 Å². The molecule has 0 saturated heterocycles. The second-order valence-electron chi connectivity index (χ2n) is 16.9. The van der Waals surface area contributed by atoms with Crippen LogP contribution in [0.5, 0.6) is 0 Å². The van der Waals surface area contributed by atoms with Crippen molar-refractivity contribution in [3.05, 3.63) is 144 Å². The van der Waals surface area contributed by atoms with E-state index in [1.165, 1.54) is 0 Å². The van der Waals surface area contributed by atoms with Crippen LogP contribution in [-0.4, -0.2) is 80.2 Å². The second-order valence-corrected chi connectivity index (χ2v) is 16.9. The molecule has 12 nitrogen and oxygen atoms in total. The quantitative estimate of drug-likeness (QED) is 0.0461. The van der Waals surface area contributed by atoms with Crippen LogP contribution in [0.3, 0.4) is 0 Å². The van der Waals surface area contributed by atoms with Crippen LogP contribution >= 0.6 is 0 Å². The van der Waals surface area contributed by atoms with Crippen molar-refractivity contribution in [2.24, 2.45) is 11.8 Å². The maximum absolute atomic E-state index is 14.1. The standard InChI is InChI=1S/C50H60N6O6/c1-31(2)45(55-43(57)25-23-35-29-51-39-21-13-11-19-37(35)39)49(61)53-41(27-33-15-7-5-8-16-33)47(59)48(60)42(28-34-17-9-6-10-18-34)54-50(62)46(32(3)4)56-44(58)26-24-36-30-52-40-22-14-12-20-38(36)40/h5-22,29-32,41-42,45-48,51-52,59-60H,23-28H2,1-4H3,(H,53,61)(H,54,62)(H,55,57)(H,56,58)/t41-,42-,45-,46-,47+,48+/m0/s1. The molecule has 0 spiro atoms. The number of rotatable bonds is 21. The maximum atomic E-state index is 14.1. The van der Waals surface area contributed by atoms with Gasteiger partial charge in [-0.05, 0) is 71.9 Å². The first-order chi connectivity index (χ1) is 29.9. The van der Waals surface area contributed by atoms with Crippen molar-refractivity contribution >= 4 is 45.4 Å². The average Bonchev–Trinajstić information content (AvgIpc) is 3.89. The van der Waals surface area contributed by atoms with Gasteiger partial charge in [0.15, 0.2) is 0 Å². The molecule has 6 rings (SSSR count). The minimum absolute atomic E-state index is 0.150. The first-order valence-corrected chi connectivity index (χ1v) is 21.6. The van der Waals surface area contributed by atoms with Gasteiger partial charge in [0, 0.05) is 47.0 Å². The fourth-order valence-electron chi connectivity index (χ4n) is 8.01. The summed E-state index contributed by atoms with van der Waals surface area (Å²) in [6, 6.07) is 30.4. The smallest absolute Gasteiger partial charge is 0.243 e. The molecular formula is C50H60N6O6. The van der Waals surface area contributed by atoms with Gasteiger partial charge in [0.1, 0.15) is 24.3 Å². The van der Waals surface area contributed by atoms with Crippen LogP contribution in [-0.2, 0) is 44.9 Å². The molecule has 2 aromatic heterocycles. The number of H-pyrrole nitrogens is 2. The summed E-state index contributed by atoms with van der Waals surface area (Å²) in [5.41, 5.74) is 5.57. The molecule has 0 radical (unpaired) electrons. The summed E-state index contributed by atoms with van der Waals surface area (Å²) in [4.78, 5) is 61.4. The van der Waals surface area contributed by atoms with Crippen molar-refractivity contribution in [1.82, 2.24) is 31.2 Å². The van der Waals surface area contributed by atoms with Gasteiger partial charge in [0.25, 0.3) is 0 Å². The summed E-state index contributed by atoms with van der Waals surface area (Å²) in [6.45, 7) is 7.33. The van der Waals surface area contributed by atoms with E-state index in [-0.39, 0.29) is 49.3 Å². The number of benzene rings is 4. The summed E-state index contributed by atoms with van der Waals surface area (Å²) >= 11 is 0. The molecule has 0 aliphatic carbocycles. The summed E-state index contributed by atoms with van der Waals surface area (Å²) in [5, 5.41) is 38.0. The predicted molar refractivity (Wildman–Crippen MR) is 243 cm³/mol. The summed E-state index contributed by atoms with van der Waals surface area (Å²) in [5.74, 6) is -2.21. The molecule has 2 heterocycles. The van der Waals surface area contributed by atoms with Crippen molar-refractivity contribution in [2.75, 3.05) is 0 Å². The van der Waals surface area contributed by atoms with E-state index < -0.39 is 48.2 Å². The fraction of sp³-hybridized carbons (Fsp3) is 0.360. The zero-order valence-electron chi connectivity index (χ0n) is 35.9. The van der Waals surface area contributed by atoms with E-state index in [1.807, 2.05) is 149 Å². The number of carbonyl (C=O) groups excluding carboxylic acids is 4. The van der Waals surface area contributed by atoms with Crippen molar-refractivity contribution in [1.29, 1.82) is 0 Å². The molecule has 4 amide bonds. The van der Waals surface area contributed by atoms with Crippen LogP contribution < -0.4 is 21.3 Å². The van der Waals surface area contributed by atoms with E-state index in [0.717, 1.165) is 44.1 Å². The lowest BCUT2D eigenvalue weighted by Crippen LogP contribution is -2.61. The lowest BCUT2D eigenvalue weighted by Gasteiger charge is -2.35. The molecule has 326 valence electrons. The molecule has 8 N–H and O–H groups in total. The minimum Gasteiger partial charge on any atom is -0.388 e. The molecule has 0 aliphatic heterocycles. The van der Waals surface area contributed by atoms with Crippen LogP contribution in [0.4, 0.5) is 0 Å². The monoisotopic (exact) mass is 840 g/mol. The number of aromatic nitrogens is 2. The maximum Gasteiger partial charge on any atom is 0.243 e. The fourth-order valence-corrected chi connectivity index (χ4v) is 8.01. The highest BCUT2D eigenvalue weighted by atomic mass is 16.3. The highest BCUT2D eigenvalue weighted by molar-refractivity contribution is 5.90. The number of nitrogens with one attached hydrogen (secondary N) is 6. The molecule has 0 unspecified atom stereocenters. The third kappa shape index (κ3) is 12.0. The molecule has 6 aromatic rings. The van der Waals surface area contributed by atoms with Crippen LogP contribution in [0.1, 0.15) is 62.8 Å². The van der Waals surface area contributed by atoms with Crippen LogP contribution in [0.25, 0.3) is 21.8 Å². The van der Waals surface area contributed by atoms with E-state index in [9.17, 15) is 29.4 Å². The number of aliphatic hydroxyl groups is 2. The molecule has 6 atom stereocenters. The molecule has 0 bridgehead atoms. The molecule has 0 fully saturated rings. The first-order valence-electron chi connectivity index (χ1n) is 21.6. The van der Waals surface area contributed by atoms with Crippen LogP contribution in [0.15, 0.2) is 122 Å². The summed E-state index contributed by atoms with van der Waals surface area (Å²) in [6.07, 6.45) is 2.23. The Kier molecular flexibility index (Phi) is 15.7. The zero-order chi connectivity index (χ0) is 44.2. The van der Waals surface area contributed by atoms with Gasteiger partial charge in [0.05, 0.1) is 12.1 Å². The Hall–Kier alpha value is -6.24. The number of aromatic amines is 2. The van der Waals surface area contributed by atoms with Gasteiger partial charge in [-0.2, -0.15) is 0 Å². The number of aryl methyl sites for hydroxylation is 2. The molecule has 62 heavy (non-hydrogen) atoms. The molecule has 12 heteroatoms. The van der Waals surface area contributed by atoms with Crippen molar-refractivity contribution in [3.63, 3.8) is 0 Å². The van der Waals surface area contributed by atoms with Crippen molar-refractivity contribution in [2.45, 2.75) is 103 Å². The third-order valence-electron chi connectivity index (χ3n) is 11.6. The Morgan fingerprint density at radius 2 is 0.855 bits per heavy atom. The Labute approximate surface area is 363 Å². The molecule has 4 aromatic carbocycles. The normalized spacial score (nSPS) is 14.5. The largest absolute Gasteiger partial charge is 0.388 e. The Morgan fingerprint density at radius 1 is 0.500 bits per heavy atom. The van der Waals surface area contributed by atoms with E-state index in [1.54, 1.807) is 0 Å². The van der Waals surface area contributed by atoms with Gasteiger partial charge in [0.2, 0.25) is 23.6 Å². The van der Waals surface area contributed by atoms with Gasteiger partial charge in [-0.15, -0.1) is 0 Å². The first kappa shape index (κ1) is 45.3. The number of aliphatic hydroxyl groups excluding tert-OH is 2. The summed E-state index contributed by atoms with van der Waals surface area (Å²) in [7, 11) is 0. The molecule has 0 aliphatic rings. The Bertz CT molecular complexity index is 2220. The topological polar surface area (TPSA) is 188 Å². The van der Waals surface area contributed by atoms with E-state index in [4.69, 9.17) is 0 Å². The van der Waals surface area contributed by atoms with Crippen molar-refractivity contribution in [3.8, 4) is 0 Å². The number of carbonyl (C=O) groups is 4. The number of amides is 4. The van der Waals surface area contributed by atoms with Gasteiger partial charge < -0.3 is 41.4 Å². The number of para-hydroxylation sites is 2. The zero-order valence-corrected chi connectivity index (χ0v) is 35.9. The Balaban J connectivity index is 1.16. The highest BCUT2D eigenvalue weighted by Gasteiger charge is 2.37. The van der Waals surface area contributed by atoms with Gasteiger partial charge in [-0.3, -0.25) is 19.2 Å². The minimum atomic E-state index is -1.57. The number of hydrogen-bond donors (Lipinski definition) is 8. The SMILES string of the molecule is CC(C)[C@H](NC(=O)CCc1c[nH]c2ccccc12)C(=O)N[C@@H](Cc1ccccc1)[C@@H](O)[C@H](O)[C@H](Cc1ccccc1)NC(=O)[C@@H](NC(=O)CCc1c[nH]c2ccccc12)C(C)C. The van der Waals surface area contributed by atoms with Gasteiger partial charge in [-0.25, -0.2) is 0 Å². The highest BCUT2D eigenvalue weighted by Crippen LogP contribution is 2.21. The number of fused-ring (bicyclic) bond motifs is 2. The van der Waals surface area contributed by atoms with Crippen LogP contribution in [0, 0.1) is 11.8 Å². The second kappa shape index (κ2) is 21.5. The van der Waals surface area contributed by atoms with E-state index in [2.05, 4.69) is 31.2 Å². The summed E-state index contributed by atoms with van der Waals surface area (Å²) < 4.78 is 0.